The zero-order valence-electron chi connectivity index (χ0n) is 13.7. The average molecular weight is 319 g/mol. The molecule has 1 N–H and O–H groups in total. The quantitative estimate of drug-likeness (QED) is 0.303. The molecule has 0 aliphatic carbocycles. The summed E-state index contributed by atoms with van der Waals surface area (Å²) >= 11 is 0. The third-order valence-electron chi connectivity index (χ3n) is 3.74. The molecule has 0 aliphatic rings. The molecule has 0 bridgehead atoms. The van der Waals surface area contributed by atoms with Crippen LogP contribution in [0.15, 0.2) is 11.5 Å². The molecule has 3 nitrogen and oxygen atoms in total. The van der Waals surface area contributed by atoms with Crippen LogP contribution >= 0.6 is 0 Å². The molecule has 0 aromatic rings. The monoisotopic (exact) mass is 318 g/mol. The van der Waals surface area contributed by atoms with Gasteiger partial charge in [0.1, 0.15) is 0 Å². The van der Waals surface area contributed by atoms with Crippen LogP contribution < -0.4 is 0 Å². The fourth-order valence-corrected chi connectivity index (χ4v) is 2.85. The molecular formula is C17H34O3S. The molecule has 0 aliphatic heterocycles. The first-order chi connectivity index (χ1) is 10.1. The molecule has 0 heterocycles. The molecule has 0 unspecified atom stereocenters. The minimum Gasteiger partial charge on any atom is -0.282 e. The van der Waals surface area contributed by atoms with Gasteiger partial charge < -0.3 is 0 Å². The van der Waals surface area contributed by atoms with Gasteiger partial charge in [0.05, 0.1) is 5.41 Å². The van der Waals surface area contributed by atoms with Gasteiger partial charge in [-0.25, -0.2) is 0 Å². The van der Waals surface area contributed by atoms with E-state index in [4.69, 9.17) is 4.55 Å². The summed E-state index contributed by atoms with van der Waals surface area (Å²) in [7, 11) is -3.92. The van der Waals surface area contributed by atoms with Crippen LogP contribution in [-0.2, 0) is 10.1 Å². The second kappa shape index (κ2) is 14.6. The van der Waals surface area contributed by atoms with Gasteiger partial charge in [-0.2, -0.15) is 8.42 Å². The van der Waals surface area contributed by atoms with Crippen molar-refractivity contribution in [1.82, 2.24) is 0 Å². The van der Waals surface area contributed by atoms with Gasteiger partial charge in [0.15, 0.2) is 0 Å². The molecule has 4 heteroatoms. The Hall–Kier alpha value is -0.350. The summed E-state index contributed by atoms with van der Waals surface area (Å²) in [4.78, 5) is 0. The maximum absolute atomic E-state index is 10.4. The summed E-state index contributed by atoms with van der Waals surface area (Å²) in [5.74, 6) is 0. The molecule has 126 valence electrons. The van der Waals surface area contributed by atoms with Crippen molar-refractivity contribution in [2.75, 3.05) is 0 Å². The number of hydrogen-bond acceptors (Lipinski definition) is 2. The van der Waals surface area contributed by atoms with Crippen LogP contribution in [0.3, 0.4) is 0 Å². The zero-order valence-corrected chi connectivity index (χ0v) is 14.5. The zero-order chi connectivity index (χ0) is 15.8. The van der Waals surface area contributed by atoms with Gasteiger partial charge >= 0.3 is 0 Å². The highest BCUT2D eigenvalue weighted by molar-refractivity contribution is 7.88. The summed E-state index contributed by atoms with van der Waals surface area (Å²) in [6.07, 6.45) is 19.3. The first-order valence-corrected chi connectivity index (χ1v) is 10.2. The van der Waals surface area contributed by atoms with Gasteiger partial charge in [0, 0.05) is 0 Å². The molecule has 21 heavy (non-hydrogen) atoms. The third-order valence-corrected chi connectivity index (χ3v) is 4.28. The lowest BCUT2D eigenvalue weighted by Crippen LogP contribution is -1.89. The maximum atomic E-state index is 10.4. The summed E-state index contributed by atoms with van der Waals surface area (Å²) in [5.41, 5.74) is 0. The fourth-order valence-electron chi connectivity index (χ4n) is 2.47. The average Bonchev–Trinajstić information content (AvgIpc) is 2.42. The van der Waals surface area contributed by atoms with Gasteiger partial charge in [-0.15, -0.1) is 0 Å². The molecule has 0 amide bonds. The minimum absolute atomic E-state index is 0.734. The van der Waals surface area contributed by atoms with Crippen molar-refractivity contribution in [3.05, 3.63) is 11.5 Å². The molecule has 0 saturated carbocycles. The third kappa shape index (κ3) is 19.6. The van der Waals surface area contributed by atoms with Crippen LogP contribution in [-0.4, -0.2) is 13.0 Å². The lowest BCUT2D eigenvalue weighted by atomic mass is 10.0. The molecule has 0 aromatic carbocycles. The Morgan fingerprint density at radius 3 is 1.48 bits per heavy atom. The maximum Gasteiger partial charge on any atom is 0.287 e. The highest BCUT2D eigenvalue weighted by atomic mass is 32.2. The standard InChI is InChI=1S/C17H34O3S/c1-2-3-4-5-6-7-8-9-10-11-12-13-14-15-16-17-21(18,19)20/h16-17H,2-15H2,1H3,(H,18,19,20). The number of hydrogen-bond donors (Lipinski definition) is 1. The highest BCUT2D eigenvalue weighted by Crippen LogP contribution is 2.13. The molecule has 0 rings (SSSR count). The molecular weight excluding hydrogens is 284 g/mol. The number of allylic oxidation sites excluding steroid dienone is 1. The highest BCUT2D eigenvalue weighted by Gasteiger charge is 1.95. The molecule has 0 fully saturated rings. The normalized spacial score (nSPS) is 12.3. The number of unbranched alkanes of at least 4 members (excludes halogenated alkanes) is 13. The van der Waals surface area contributed by atoms with E-state index >= 15 is 0 Å². The molecule has 0 radical (unpaired) electrons. The van der Waals surface area contributed by atoms with Crippen LogP contribution in [0.5, 0.6) is 0 Å². The summed E-state index contributed by atoms with van der Waals surface area (Å²) < 4.78 is 29.4. The molecule has 0 saturated heterocycles. The van der Waals surface area contributed by atoms with Crippen LogP contribution in [0.1, 0.15) is 96.8 Å². The number of rotatable bonds is 15. The van der Waals surface area contributed by atoms with Gasteiger partial charge in [-0.1, -0.05) is 90.0 Å². The van der Waals surface area contributed by atoms with Crippen molar-refractivity contribution in [3.8, 4) is 0 Å². The van der Waals surface area contributed by atoms with Crippen LogP contribution in [0.25, 0.3) is 0 Å². The summed E-state index contributed by atoms with van der Waals surface area (Å²) in [6, 6.07) is 0. The smallest absolute Gasteiger partial charge is 0.282 e. The van der Waals surface area contributed by atoms with Gasteiger partial charge in [0.25, 0.3) is 10.1 Å². The first kappa shape index (κ1) is 20.6. The van der Waals surface area contributed by atoms with E-state index in [9.17, 15) is 8.42 Å². The van der Waals surface area contributed by atoms with Crippen LogP contribution in [0.4, 0.5) is 0 Å². The largest absolute Gasteiger partial charge is 0.287 e. The van der Waals surface area contributed by atoms with Crippen molar-refractivity contribution >= 4 is 10.1 Å². The lowest BCUT2D eigenvalue weighted by Gasteiger charge is -2.02. The molecule has 0 atom stereocenters. The fraction of sp³-hybridized carbons (Fsp3) is 0.882. The minimum atomic E-state index is -3.92. The predicted molar refractivity (Wildman–Crippen MR) is 91.0 cm³/mol. The van der Waals surface area contributed by atoms with Crippen LogP contribution in [0, 0.1) is 0 Å². The molecule has 0 spiro atoms. The lowest BCUT2D eigenvalue weighted by molar-refractivity contribution is 0.494. The van der Waals surface area contributed by atoms with E-state index in [-0.39, 0.29) is 0 Å². The molecule has 0 aromatic heterocycles. The Bertz CT molecular complexity index is 334. The van der Waals surface area contributed by atoms with E-state index in [1.165, 1.54) is 76.7 Å². The Balaban J connectivity index is 3.11. The van der Waals surface area contributed by atoms with Crippen molar-refractivity contribution in [2.45, 2.75) is 96.8 Å². The summed E-state index contributed by atoms with van der Waals surface area (Å²) in [5, 5.41) is 0.882. The first-order valence-electron chi connectivity index (χ1n) is 8.70. The summed E-state index contributed by atoms with van der Waals surface area (Å²) in [6.45, 7) is 2.25. The van der Waals surface area contributed by atoms with E-state index in [2.05, 4.69) is 6.92 Å². The van der Waals surface area contributed by atoms with Gasteiger partial charge in [-0.05, 0) is 12.8 Å². The van der Waals surface area contributed by atoms with Gasteiger partial charge in [-0.3, -0.25) is 4.55 Å². The van der Waals surface area contributed by atoms with Crippen molar-refractivity contribution in [1.29, 1.82) is 0 Å². The Kier molecular flexibility index (Phi) is 14.3. The van der Waals surface area contributed by atoms with E-state index in [0.29, 0.717) is 0 Å². The predicted octanol–water partition coefficient (Wildman–Crippen LogP) is 5.87. The van der Waals surface area contributed by atoms with E-state index in [1.54, 1.807) is 0 Å². The van der Waals surface area contributed by atoms with Crippen LogP contribution in [0.2, 0.25) is 0 Å². The second-order valence-corrected chi connectivity index (χ2v) is 7.22. The van der Waals surface area contributed by atoms with E-state index in [1.807, 2.05) is 0 Å². The van der Waals surface area contributed by atoms with Gasteiger partial charge in [0.2, 0.25) is 0 Å². The Labute approximate surface area is 132 Å². The van der Waals surface area contributed by atoms with Crippen molar-refractivity contribution < 1.29 is 13.0 Å². The Morgan fingerprint density at radius 1 is 0.714 bits per heavy atom. The van der Waals surface area contributed by atoms with Crippen molar-refractivity contribution in [2.24, 2.45) is 0 Å². The second-order valence-electron chi connectivity index (χ2n) is 5.92. The van der Waals surface area contributed by atoms with Crippen molar-refractivity contribution in [3.63, 3.8) is 0 Å². The SMILES string of the molecule is CCCCCCCCCCCCCCCC=CS(=O)(=O)O. The van der Waals surface area contributed by atoms with E-state index < -0.39 is 10.1 Å². The topological polar surface area (TPSA) is 54.4 Å². The van der Waals surface area contributed by atoms with E-state index in [0.717, 1.165) is 24.7 Å². The Morgan fingerprint density at radius 2 is 1.10 bits per heavy atom.